The lowest BCUT2D eigenvalue weighted by atomic mass is 10.2. The molecule has 0 bridgehead atoms. The number of rotatable bonds is 8. The van der Waals surface area contributed by atoms with Crippen molar-refractivity contribution in [2.75, 3.05) is 20.1 Å². The fourth-order valence-electron chi connectivity index (χ4n) is 1.72. The van der Waals surface area contributed by atoms with Crippen LogP contribution >= 0.6 is 0 Å². The van der Waals surface area contributed by atoms with E-state index < -0.39 is 0 Å². The van der Waals surface area contributed by atoms with Crippen molar-refractivity contribution in [1.29, 1.82) is 0 Å². The third-order valence-electron chi connectivity index (χ3n) is 3.48. The van der Waals surface area contributed by atoms with Crippen LogP contribution in [0.4, 0.5) is 0 Å². The van der Waals surface area contributed by atoms with E-state index in [-0.39, 0.29) is 18.0 Å². The maximum Gasteiger partial charge on any atom is 0.237 e. The molecule has 2 atom stereocenters. The maximum absolute atomic E-state index is 11.7. The standard InChI is InChI=1S/C13H27N3O/c1-5-10(2)15-13(17)11(3)14-8-9-16(4)12-6-7-12/h10-12,14H,5-9H2,1-4H3,(H,15,17). The molecule has 4 heteroatoms. The number of hydrogen-bond donors (Lipinski definition) is 2. The fraction of sp³-hybridized carbons (Fsp3) is 0.923. The van der Waals surface area contributed by atoms with Crippen molar-refractivity contribution >= 4 is 5.91 Å². The Balaban J connectivity index is 2.10. The normalized spacial score (nSPS) is 19.1. The number of nitrogens with zero attached hydrogens (tertiary/aromatic N) is 1. The molecule has 0 heterocycles. The first-order chi connectivity index (χ1) is 8.04. The molecule has 1 aliphatic carbocycles. The summed E-state index contributed by atoms with van der Waals surface area (Å²) in [5.74, 6) is 0.105. The summed E-state index contributed by atoms with van der Waals surface area (Å²) in [4.78, 5) is 14.1. The Hall–Kier alpha value is -0.610. The van der Waals surface area contributed by atoms with Crippen LogP contribution in [0.25, 0.3) is 0 Å². The van der Waals surface area contributed by atoms with E-state index in [0.717, 1.165) is 25.6 Å². The van der Waals surface area contributed by atoms with E-state index in [9.17, 15) is 4.79 Å². The molecule has 1 amide bonds. The quantitative estimate of drug-likeness (QED) is 0.665. The molecule has 1 aliphatic rings. The third kappa shape index (κ3) is 5.50. The molecule has 1 rings (SSSR count). The Kier molecular flexibility index (Phi) is 5.92. The second kappa shape index (κ2) is 6.97. The molecule has 4 nitrogen and oxygen atoms in total. The summed E-state index contributed by atoms with van der Waals surface area (Å²) in [6.07, 6.45) is 3.64. The third-order valence-corrected chi connectivity index (χ3v) is 3.48. The highest BCUT2D eigenvalue weighted by Crippen LogP contribution is 2.24. The van der Waals surface area contributed by atoms with Gasteiger partial charge in [0, 0.05) is 25.2 Å². The largest absolute Gasteiger partial charge is 0.352 e. The summed E-state index contributed by atoms with van der Waals surface area (Å²) in [6.45, 7) is 7.93. The zero-order chi connectivity index (χ0) is 12.8. The van der Waals surface area contributed by atoms with Crippen LogP contribution in [0.5, 0.6) is 0 Å². The molecular weight excluding hydrogens is 214 g/mol. The average molecular weight is 241 g/mol. The molecule has 2 N–H and O–H groups in total. The molecular formula is C13H27N3O. The molecule has 0 aromatic rings. The zero-order valence-corrected chi connectivity index (χ0v) is 11.6. The molecule has 0 aromatic carbocycles. The Bertz CT molecular complexity index is 241. The van der Waals surface area contributed by atoms with Crippen LogP contribution in [0.15, 0.2) is 0 Å². The molecule has 100 valence electrons. The highest BCUT2D eigenvalue weighted by atomic mass is 16.2. The van der Waals surface area contributed by atoms with E-state index in [1.807, 2.05) is 13.8 Å². The van der Waals surface area contributed by atoms with E-state index in [1.54, 1.807) is 0 Å². The monoisotopic (exact) mass is 241 g/mol. The molecule has 17 heavy (non-hydrogen) atoms. The summed E-state index contributed by atoms with van der Waals surface area (Å²) < 4.78 is 0. The van der Waals surface area contributed by atoms with Gasteiger partial charge >= 0.3 is 0 Å². The van der Waals surface area contributed by atoms with Gasteiger partial charge in [0.25, 0.3) is 0 Å². The zero-order valence-electron chi connectivity index (χ0n) is 11.6. The molecule has 1 saturated carbocycles. The number of carbonyl (C=O) groups excluding carboxylic acids is 1. The summed E-state index contributed by atoms with van der Waals surface area (Å²) in [5, 5.41) is 6.26. The van der Waals surface area contributed by atoms with Gasteiger partial charge in [0.2, 0.25) is 5.91 Å². The minimum atomic E-state index is -0.100. The average Bonchev–Trinajstić information content (AvgIpc) is 3.12. The molecule has 0 spiro atoms. The lowest BCUT2D eigenvalue weighted by Crippen LogP contribution is -2.47. The first-order valence-electron chi connectivity index (χ1n) is 6.78. The van der Waals surface area contributed by atoms with E-state index in [2.05, 4.69) is 29.5 Å². The SMILES string of the molecule is CCC(C)NC(=O)C(C)NCCN(C)C1CC1. The summed E-state index contributed by atoms with van der Waals surface area (Å²) in [7, 11) is 2.16. The van der Waals surface area contributed by atoms with Gasteiger partial charge in [-0.3, -0.25) is 4.79 Å². The molecule has 2 unspecified atom stereocenters. The summed E-state index contributed by atoms with van der Waals surface area (Å²) >= 11 is 0. The molecule has 1 fully saturated rings. The van der Waals surface area contributed by atoms with Gasteiger partial charge in [-0.1, -0.05) is 6.92 Å². The van der Waals surface area contributed by atoms with E-state index in [1.165, 1.54) is 12.8 Å². The molecule has 0 radical (unpaired) electrons. The number of hydrogen-bond acceptors (Lipinski definition) is 3. The van der Waals surface area contributed by atoms with Crippen molar-refractivity contribution < 1.29 is 4.79 Å². The van der Waals surface area contributed by atoms with Crippen molar-refractivity contribution in [3.8, 4) is 0 Å². The van der Waals surface area contributed by atoms with Crippen LogP contribution < -0.4 is 10.6 Å². The first kappa shape index (κ1) is 14.5. The molecule has 0 aliphatic heterocycles. The Labute approximate surface area is 105 Å². The van der Waals surface area contributed by atoms with Crippen molar-refractivity contribution in [1.82, 2.24) is 15.5 Å². The topological polar surface area (TPSA) is 44.4 Å². The number of carbonyl (C=O) groups is 1. The summed E-state index contributed by atoms with van der Waals surface area (Å²) in [5.41, 5.74) is 0. The van der Waals surface area contributed by atoms with Crippen molar-refractivity contribution in [2.24, 2.45) is 0 Å². The number of amides is 1. The highest BCUT2D eigenvalue weighted by molar-refractivity contribution is 5.81. The summed E-state index contributed by atoms with van der Waals surface area (Å²) in [6, 6.07) is 0.957. The van der Waals surface area contributed by atoms with Gasteiger partial charge in [0.15, 0.2) is 0 Å². The number of nitrogens with one attached hydrogen (secondary N) is 2. The van der Waals surface area contributed by atoms with E-state index >= 15 is 0 Å². The number of likely N-dealkylation sites (N-methyl/N-ethyl adjacent to an activating group) is 1. The van der Waals surface area contributed by atoms with Crippen LogP contribution in [0, 0.1) is 0 Å². The predicted molar refractivity (Wildman–Crippen MR) is 71.0 cm³/mol. The predicted octanol–water partition coefficient (Wildman–Crippen LogP) is 0.973. The van der Waals surface area contributed by atoms with Gasteiger partial charge in [-0.05, 0) is 40.2 Å². The maximum atomic E-state index is 11.7. The van der Waals surface area contributed by atoms with Crippen LogP contribution in [-0.2, 0) is 4.79 Å². The van der Waals surface area contributed by atoms with Crippen molar-refractivity contribution in [2.45, 2.75) is 58.2 Å². The molecule has 0 aromatic heterocycles. The van der Waals surface area contributed by atoms with Crippen LogP contribution in [0.1, 0.15) is 40.0 Å². The van der Waals surface area contributed by atoms with Gasteiger partial charge in [-0.15, -0.1) is 0 Å². The van der Waals surface area contributed by atoms with Crippen LogP contribution in [-0.4, -0.2) is 49.1 Å². The minimum absolute atomic E-state index is 0.100. The Morgan fingerprint density at radius 1 is 1.41 bits per heavy atom. The highest BCUT2D eigenvalue weighted by Gasteiger charge is 2.25. The van der Waals surface area contributed by atoms with E-state index in [4.69, 9.17) is 0 Å². The van der Waals surface area contributed by atoms with Crippen LogP contribution in [0.2, 0.25) is 0 Å². The lowest BCUT2D eigenvalue weighted by Gasteiger charge is -2.20. The van der Waals surface area contributed by atoms with Crippen molar-refractivity contribution in [3.63, 3.8) is 0 Å². The van der Waals surface area contributed by atoms with Gasteiger partial charge in [0.05, 0.1) is 6.04 Å². The van der Waals surface area contributed by atoms with E-state index in [0.29, 0.717) is 0 Å². The Morgan fingerprint density at radius 3 is 2.59 bits per heavy atom. The van der Waals surface area contributed by atoms with Gasteiger partial charge in [0.1, 0.15) is 0 Å². The van der Waals surface area contributed by atoms with Crippen molar-refractivity contribution in [3.05, 3.63) is 0 Å². The Morgan fingerprint density at radius 2 is 2.06 bits per heavy atom. The smallest absolute Gasteiger partial charge is 0.237 e. The van der Waals surface area contributed by atoms with Gasteiger partial charge in [-0.2, -0.15) is 0 Å². The minimum Gasteiger partial charge on any atom is -0.352 e. The first-order valence-corrected chi connectivity index (χ1v) is 6.78. The fourth-order valence-corrected chi connectivity index (χ4v) is 1.72. The second-order valence-corrected chi connectivity index (χ2v) is 5.21. The second-order valence-electron chi connectivity index (χ2n) is 5.21. The molecule has 0 saturated heterocycles. The lowest BCUT2D eigenvalue weighted by molar-refractivity contribution is -0.123. The van der Waals surface area contributed by atoms with Gasteiger partial charge < -0.3 is 15.5 Å². The van der Waals surface area contributed by atoms with Crippen LogP contribution in [0.3, 0.4) is 0 Å². The van der Waals surface area contributed by atoms with Gasteiger partial charge in [-0.25, -0.2) is 0 Å².